The van der Waals surface area contributed by atoms with Gasteiger partial charge in [-0.3, -0.25) is 19.4 Å². The van der Waals surface area contributed by atoms with Crippen molar-refractivity contribution in [3.05, 3.63) is 39.8 Å². The molecule has 0 aromatic carbocycles. The van der Waals surface area contributed by atoms with E-state index in [9.17, 15) is 9.59 Å². The van der Waals surface area contributed by atoms with Gasteiger partial charge in [0.2, 0.25) is 0 Å². The first kappa shape index (κ1) is 14.9. The molecule has 1 amide bonds. The third-order valence-corrected chi connectivity index (χ3v) is 5.97. The maximum Gasteiger partial charge on any atom is 0.274 e. The predicted octanol–water partition coefficient (Wildman–Crippen LogP) is 2.18. The van der Waals surface area contributed by atoms with Crippen LogP contribution < -0.4 is 5.56 Å². The summed E-state index contributed by atoms with van der Waals surface area (Å²) in [7, 11) is 1.78. The number of hydrogen-bond acceptors (Lipinski definition) is 3. The van der Waals surface area contributed by atoms with Crippen LogP contribution in [0.4, 0.5) is 0 Å². The minimum Gasteiger partial charge on any atom is -0.338 e. The van der Waals surface area contributed by atoms with E-state index in [-0.39, 0.29) is 11.5 Å². The van der Waals surface area contributed by atoms with Gasteiger partial charge in [0.15, 0.2) is 5.65 Å². The maximum atomic E-state index is 13.3. The Kier molecular flexibility index (Phi) is 3.17. The largest absolute Gasteiger partial charge is 0.338 e. The standard InChI is InChI=1S/C19H22N4O2/c1-22-17-16(18(24)21-22)14(8-15(20-17)11-6-7-11)19(25)23-9-12-4-2-3-5-13(12)10-23/h2-3,8,11-13H,4-7,9-10H2,1H3,(H,21,24). The van der Waals surface area contributed by atoms with E-state index >= 15 is 0 Å². The lowest BCUT2D eigenvalue weighted by molar-refractivity contribution is 0.0786. The van der Waals surface area contributed by atoms with Crippen LogP contribution in [0.1, 0.15) is 47.7 Å². The van der Waals surface area contributed by atoms with Gasteiger partial charge in [0.1, 0.15) is 0 Å². The fourth-order valence-electron chi connectivity index (χ4n) is 4.39. The number of rotatable bonds is 2. The van der Waals surface area contributed by atoms with Gasteiger partial charge in [0.05, 0.1) is 10.9 Å². The van der Waals surface area contributed by atoms with Crippen molar-refractivity contribution in [2.45, 2.75) is 31.6 Å². The number of fused-ring (bicyclic) bond motifs is 2. The lowest BCUT2D eigenvalue weighted by atomic mass is 9.86. The van der Waals surface area contributed by atoms with Gasteiger partial charge < -0.3 is 4.90 Å². The van der Waals surface area contributed by atoms with E-state index in [1.807, 2.05) is 11.0 Å². The second kappa shape index (κ2) is 5.31. The van der Waals surface area contributed by atoms with Gasteiger partial charge in [-0.15, -0.1) is 0 Å². The highest BCUT2D eigenvalue weighted by atomic mass is 16.2. The van der Waals surface area contributed by atoms with E-state index in [4.69, 9.17) is 0 Å². The Balaban J connectivity index is 1.57. The number of likely N-dealkylation sites (tertiary alicyclic amines) is 1. The fourth-order valence-corrected chi connectivity index (χ4v) is 4.39. The number of carbonyl (C=O) groups excluding carboxylic acids is 1. The van der Waals surface area contributed by atoms with Gasteiger partial charge in [-0.25, -0.2) is 4.98 Å². The Morgan fingerprint density at radius 2 is 1.88 bits per heavy atom. The molecule has 1 saturated carbocycles. The highest BCUT2D eigenvalue weighted by Crippen LogP contribution is 2.40. The minimum atomic E-state index is -0.228. The zero-order valence-corrected chi connectivity index (χ0v) is 14.4. The summed E-state index contributed by atoms with van der Waals surface area (Å²) in [5, 5.41) is 3.19. The molecular formula is C19H22N4O2. The number of hydrogen-bond donors (Lipinski definition) is 1. The summed E-state index contributed by atoms with van der Waals surface area (Å²) >= 11 is 0. The van der Waals surface area contributed by atoms with Crippen molar-refractivity contribution >= 4 is 16.9 Å². The van der Waals surface area contributed by atoms with Gasteiger partial charge >= 0.3 is 0 Å². The smallest absolute Gasteiger partial charge is 0.274 e. The second-order valence-corrected chi connectivity index (χ2v) is 7.74. The number of amides is 1. The molecule has 2 aromatic heterocycles. The molecule has 1 aliphatic heterocycles. The first-order valence-corrected chi connectivity index (χ1v) is 9.15. The van der Waals surface area contributed by atoms with Crippen molar-refractivity contribution in [2.24, 2.45) is 18.9 Å². The van der Waals surface area contributed by atoms with Crippen LogP contribution in [-0.4, -0.2) is 38.7 Å². The summed E-state index contributed by atoms with van der Waals surface area (Å²) in [6.07, 6.45) is 8.80. The van der Waals surface area contributed by atoms with Crippen LogP contribution in [0.2, 0.25) is 0 Å². The van der Waals surface area contributed by atoms with E-state index in [1.54, 1.807) is 11.7 Å². The number of aromatic amines is 1. The van der Waals surface area contributed by atoms with Crippen LogP contribution >= 0.6 is 0 Å². The molecule has 2 atom stereocenters. The number of nitrogens with zero attached hydrogens (tertiary/aromatic N) is 3. The molecule has 25 heavy (non-hydrogen) atoms. The van der Waals surface area contributed by atoms with E-state index in [2.05, 4.69) is 22.2 Å². The SMILES string of the molecule is Cn1[nH]c(=O)c2c(C(=O)N3CC4CC=CCC4C3)cc(C3CC3)nc21. The van der Waals surface area contributed by atoms with E-state index in [0.717, 1.165) is 44.5 Å². The van der Waals surface area contributed by atoms with Crippen molar-refractivity contribution in [2.75, 3.05) is 13.1 Å². The van der Waals surface area contributed by atoms with Gasteiger partial charge in [-0.2, -0.15) is 0 Å². The van der Waals surface area contributed by atoms with Crippen LogP contribution in [-0.2, 0) is 7.05 Å². The van der Waals surface area contributed by atoms with E-state index < -0.39 is 0 Å². The molecule has 1 saturated heterocycles. The summed E-state index contributed by atoms with van der Waals surface area (Å²) in [6, 6.07) is 1.87. The predicted molar refractivity (Wildman–Crippen MR) is 94.6 cm³/mol. The molecular weight excluding hydrogens is 316 g/mol. The Labute approximate surface area is 145 Å². The zero-order valence-electron chi connectivity index (χ0n) is 14.4. The van der Waals surface area contributed by atoms with Gasteiger partial charge in [-0.1, -0.05) is 12.2 Å². The lowest BCUT2D eigenvalue weighted by Gasteiger charge is -2.17. The molecule has 6 heteroatoms. The molecule has 0 spiro atoms. The summed E-state index contributed by atoms with van der Waals surface area (Å²) < 4.78 is 1.63. The highest BCUT2D eigenvalue weighted by Gasteiger charge is 2.37. The normalized spacial score (nSPS) is 25.6. The average Bonchev–Trinajstić information content (AvgIpc) is 3.31. The first-order chi connectivity index (χ1) is 12.1. The first-order valence-electron chi connectivity index (χ1n) is 9.15. The maximum absolute atomic E-state index is 13.3. The average molecular weight is 338 g/mol. The number of carbonyl (C=O) groups is 1. The molecule has 6 nitrogen and oxygen atoms in total. The molecule has 5 rings (SSSR count). The minimum absolute atomic E-state index is 0.0135. The third kappa shape index (κ3) is 2.34. The van der Waals surface area contributed by atoms with Crippen LogP contribution in [0.25, 0.3) is 11.0 Å². The van der Waals surface area contributed by atoms with Crippen LogP contribution in [0, 0.1) is 11.8 Å². The number of aryl methyl sites for hydroxylation is 1. The molecule has 2 aromatic rings. The summed E-state index contributed by atoms with van der Waals surface area (Å²) in [5.41, 5.74) is 1.84. The van der Waals surface area contributed by atoms with Crippen molar-refractivity contribution < 1.29 is 4.79 Å². The van der Waals surface area contributed by atoms with E-state index in [1.165, 1.54) is 0 Å². The molecule has 2 fully saturated rings. The molecule has 0 radical (unpaired) electrons. The quantitative estimate of drug-likeness (QED) is 0.853. The van der Waals surface area contributed by atoms with Gasteiger partial charge in [-0.05, 0) is 43.6 Å². The van der Waals surface area contributed by atoms with Crippen LogP contribution in [0.5, 0.6) is 0 Å². The molecule has 130 valence electrons. The van der Waals surface area contributed by atoms with E-state index in [0.29, 0.717) is 34.4 Å². The van der Waals surface area contributed by atoms with Crippen molar-refractivity contribution in [1.29, 1.82) is 0 Å². The van der Waals surface area contributed by atoms with Crippen molar-refractivity contribution in [3.8, 4) is 0 Å². The second-order valence-electron chi connectivity index (χ2n) is 7.74. The molecule has 3 heterocycles. The number of H-pyrrole nitrogens is 1. The number of aromatic nitrogens is 3. The van der Waals surface area contributed by atoms with Crippen molar-refractivity contribution in [1.82, 2.24) is 19.7 Å². The van der Waals surface area contributed by atoms with Crippen molar-refractivity contribution in [3.63, 3.8) is 0 Å². The number of pyridine rings is 1. The molecule has 0 bridgehead atoms. The Morgan fingerprint density at radius 1 is 1.20 bits per heavy atom. The van der Waals surface area contributed by atoms with Gasteiger partial charge in [0.25, 0.3) is 11.5 Å². The molecule has 1 N–H and O–H groups in total. The Morgan fingerprint density at radius 3 is 2.52 bits per heavy atom. The van der Waals surface area contributed by atoms with Gasteiger partial charge in [0, 0.05) is 31.7 Å². The Bertz CT molecular complexity index is 934. The summed E-state index contributed by atoms with van der Waals surface area (Å²) in [4.78, 5) is 32.3. The number of nitrogens with one attached hydrogen (secondary N) is 1. The molecule has 2 unspecified atom stereocenters. The third-order valence-electron chi connectivity index (χ3n) is 5.97. The lowest BCUT2D eigenvalue weighted by Crippen LogP contribution is -2.30. The highest BCUT2D eigenvalue weighted by molar-refractivity contribution is 6.05. The molecule has 2 aliphatic carbocycles. The molecule has 3 aliphatic rings. The van der Waals surface area contributed by atoms with Crippen LogP contribution in [0.15, 0.2) is 23.0 Å². The van der Waals surface area contributed by atoms with Crippen LogP contribution in [0.3, 0.4) is 0 Å². The number of allylic oxidation sites excluding steroid dienone is 2. The zero-order chi connectivity index (χ0) is 17.1. The summed E-state index contributed by atoms with van der Waals surface area (Å²) in [6.45, 7) is 1.59. The monoisotopic (exact) mass is 338 g/mol. The Hall–Kier alpha value is -2.37. The topological polar surface area (TPSA) is 71.0 Å². The summed E-state index contributed by atoms with van der Waals surface area (Å²) in [5.74, 6) is 1.54. The fraction of sp³-hybridized carbons (Fsp3) is 0.526.